The van der Waals surface area contributed by atoms with Crippen molar-refractivity contribution < 1.29 is 9.53 Å². The number of hydrogen-bond donors (Lipinski definition) is 2. The molecule has 0 radical (unpaired) electrons. The van der Waals surface area contributed by atoms with Crippen molar-refractivity contribution in [3.05, 3.63) is 42.2 Å². The van der Waals surface area contributed by atoms with Crippen LogP contribution in [0.2, 0.25) is 0 Å². The molecule has 0 aliphatic heterocycles. The lowest BCUT2D eigenvalue weighted by Crippen LogP contribution is -2.42. The van der Waals surface area contributed by atoms with E-state index in [1.165, 1.54) is 20.8 Å². The van der Waals surface area contributed by atoms with Crippen LogP contribution in [0.3, 0.4) is 0 Å². The van der Waals surface area contributed by atoms with Gasteiger partial charge in [0.05, 0.1) is 5.56 Å². The third kappa shape index (κ3) is 4.71. The average molecular weight is 409 g/mol. The number of hydrogen-bond acceptors (Lipinski definition) is 6. The van der Waals surface area contributed by atoms with Gasteiger partial charge in [-0.25, -0.2) is 4.79 Å². The maximum atomic E-state index is 13.3. The molecule has 0 aliphatic carbocycles. The molecule has 0 bridgehead atoms. The first-order chi connectivity index (χ1) is 13.2. The summed E-state index contributed by atoms with van der Waals surface area (Å²) in [6, 6.07) is 1.81. The average Bonchev–Trinajstić information content (AvgIpc) is 2.94. The molecule has 0 fully saturated rings. The number of nitrogens with two attached hydrogens (primary N) is 1. The number of nitrogen functional groups attached to an aromatic ring is 1. The summed E-state index contributed by atoms with van der Waals surface area (Å²) in [6.07, 6.45) is 0.520. The van der Waals surface area contributed by atoms with Crippen LogP contribution in [0.25, 0.3) is 0 Å². The highest BCUT2D eigenvalue weighted by Gasteiger charge is 2.27. The molecule has 0 atom stereocenters. The lowest BCUT2D eigenvalue weighted by Gasteiger charge is -2.25. The molecule has 0 aromatic carbocycles. The third-order valence-electron chi connectivity index (χ3n) is 4.28. The molecule has 154 valence electrons. The highest BCUT2D eigenvalue weighted by Crippen LogP contribution is 2.26. The monoisotopic (exact) mass is 408 g/mol. The third-order valence-corrected chi connectivity index (χ3v) is 5.24. The topological polar surface area (TPSA) is 110 Å². The van der Waals surface area contributed by atoms with Crippen LogP contribution < -0.4 is 21.9 Å². The summed E-state index contributed by atoms with van der Waals surface area (Å²) in [5.74, 6) is -0.180. The van der Waals surface area contributed by atoms with E-state index in [-0.39, 0.29) is 29.9 Å². The van der Waals surface area contributed by atoms with E-state index >= 15 is 0 Å². The molecule has 1 amide bonds. The fourth-order valence-corrected chi connectivity index (χ4v) is 3.97. The summed E-state index contributed by atoms with van der Waals surface area (Å²) in [6.45, 7) is 8.68. The maximum absolute atomic E-state index is 13.3. The molecule has 0 spiro atoms. The van der Waals surface area contributed by atoms with E-state index in [9.17, 15) is 14.4 Å². The minimum Gasteiger partial charge on any atom is -0.385 e. The van der Waals surface area contributed by atoms with E-state index < -0.39 is 11.2 Å². The predicted molar refractivity (Wildman–Crippen MR) is 113 cm³/mol. The summed E-state index contributed by atoms with van der Waals surface area (Å²) in [5, 5.41) is 0. The number of aryl methyl sites for hydroxylation is 2. The van der Waals surface area contributed by atoms with Crippen molar-refractivity contribution >= 4 is 28.7 Å². The summed E-state index contributed by atoms with van der Waals surface area (Å²) in [7, 11) is 1.57. The van der Waals surface area contributed by atoms with Crippen LogP contribution in [-0.4, -0.2) is 35.7 Å². The predicted octanol–water partition coefficient (Wildman–Crippen LogP) is 2.14. The quantitative estimate of drug-likeness (QED) is 0.650. The number of aromatic amines is 1. The molecule has 3 N–H and O–H groups in total. The Morgan fingerprint density at radius 2 is 2.04 bits per heavy atom. The van der Waals surface area contributed by atoms with E-state index in [1.54, 1.807) is 13.2 Å². The smallest absolute Gasteiger partial charge is 0.330 e. The van der Waals surface area contributed by atoms with Crippen LogP contribution in [-0.2, 0) is 11.3 Å². The SMILES string of the molecule is COCCCN(C(=O)c1cc(C)sc1C)c1c(N)n(CC(C)C)c(=O)[nH]c1=O. The Balaban J connectivity index is 2.60. The van der Waals surface area contributed by atoms with E-state index in [0.29, 0.717) is 25.1 Å². The first-order valence-corrected chi connectivity index (χ1v) is 9.99. The molecule has 0 saturated heterocycles. The number of ether oxygens (including phenoxy) is 1. The number of aromatic nitrogens is 2. The van der Waals surface area contributed by atoms with Crippen molar-refractivity contribution in [1.82, 2.24) is 9.55 Å². The van der Waals surface area contributed by atoms with Crippen LogP contribution in [0, 0.1) is 19.8 Å². The zero-order chi connectivity index (χ0) is 21.0. The summed E-state index contributed by atoms with van der Waals surface area (Å²) < 4.78 is 6.40. The second kappa shape index (κ2) is 9.20. The van der Waals surface area contributed by atoms with Gasteiger partial charge in [-0.05, 0) is 32.3 Å². The molecule has 0 saturated carbocycles. The van der Waals surface area contributed by atoms with Gasteiger partial charge in [-0.15, -0.1) is 11.3 Å². The van der Waals surface area contributed by atoms with Gasteiger partial charge in [0.25, 0.3) is 11.5 Å². The van der Waals surface area contributed by atoms with Crippen LogP contribution in [0.5, 0.6) is 0 Å². The van der Waals surface area contributed by atoms with Gasteiger partial charge in [0.2, 0.25) is 0 Å². The summed E-state index contributed by atoms with van der Waals surface area (Å²) >= 11 is 1.52. The Morgan fingerprint density at radius 3 is 2.57 bits per heavy atom. The fourth-order valence-electron chi connectivity index (χ4n) is 3.06. The van der Waals surface area contributed by atoms with Gasteiger partial charge in [-0.3, -0.25) is 19.1 Å². The summed E-state index contributed by atoms with van der Waals surface area (Å²) in [5.41, 5.74) is 5.50. The molecule has 28 heavy (non-hydrogen) atoms. The van der Waals surface area contributed by atoms with Gasteiger partial charge in [-0.1, -0.05) is 13.8 Å². The van der Waals surface area contributed by atoms with Crippen molar-refractivity contribution in [2.45, 2.75) is 40.7 Å². The van der Waals surface area contributed by atoms with Crippen molar-refractivity contribution in [2.24, 2.45) is 5.92 Å². The summed E-state index contributed by atoms with van der Waals surface area (Å²) in [4.78, 5) is 43.7. The highest BCUT2D eigenvalue weighted by atomic mass is 32.1. The normalized spacial score (nSPS) is 11.2. The van der Waals surface area contributed by atoms with Crippen LogP contribution in [0.15, 0.2) is 15.7 Å². The number of nitrogens with one attached hydrogen (secondary N) is 1. The number of methoxy groups -OCH3 is 1. The largest absolute Gasteiger partial charge is 0.385 e. The molecule has 9 heteroatoms. The molecule has 2 aromatic heterocycles. The molecule has 0 aliphatic rings. The lowest BCUT2D eigenvalue weighted by molar-refractivity contribution is 0.0983. The first kappa shape index (κ1) is 21.9. The molecule has 2 heterocycles. The van der Waals surface area contributed by atoms with Crippen LogP contribution >= 0.6 is 11.3 Å². The van der Waals surface area contributed by atoms with Gasteiger partial charge >= 0.3 is 5.69 Å². The standard InChI is InChI=1S/C19H28N4O4S/c1-11(2)10-23-16(20)15(17(24)21-19(23)26)22(7-6-8-27-5)18(25)14-9-12(3)28-13(14)4/h9,11H,6-8,10,20H2,1-5H3,(H,21,24,26). The molecule has 8 nitrogen and oxygen atoms in total. The van der Waals surface area contributed by atoms with Crippen molar-refractivity contribution in [2.75, 3.05) is 30.9 Å². The fraction of sp³-hybridized carbons (Fsp3) is 0.526. The van der Waals surface area contributed by atoms with Gasteiger partial charge in [0, 0.05) is 36.6 Å². The van der Waals surface area contributed by atoms with E-state index in [0.717, 1.165) is 9.75 Å². The van der Waals surface area contributed by atoms with E-state index in [2.05, 4.69) is 4.98 Å². The zero-order valence-electron chi connectivity index (χ0n) is 17.0. The maximum Gasteiger partial charge on any atom is 0.330 e. The van der Waals surface area contributed by atoms with Crippen LogP contribution in [0.4, 0.5) is 11.5 Å². The minimum absolute atomic E-state index is 0.00202. The van der Waals surface area contributed by atoms with Gasteiger partial charge in [0.15, 0.2) is 5.69 Å². The van der Waals surface area contributed by atoms with Gasteiger partial charge in [0.1, 0.15) is 5.82 Å². The minimum atomic E-state index is -0.669. The second-order valence-corrected chi connectivity index (χ2v) is 8.59. The Labute approximate surface area is 167 Å². The van der Waals surface area contributed by atoms with Crippen molar-refractivity contribution in [1.29, 1.82) is 0 Å². The Kier molecular flexibility index (Phi) is 7.20. The number of thiophene rings is 1. The van der Waals surface area contributed by atoms with Gasteiger partial charge in [-0.2, -0.15) is 0 Å². The number of anilines is 2. The number of carbonyl (C=O) groups is 1. The zero-order valence-corrected chi connectivity index (χ0v) is 17.8. The van der Waals surface area contributed by atoms with Gasteiger partial charge < -0.3 is 15.4 Å². The Morgan fingerprint density at radius 1 is 1.36 bits per heavy atom. The van der Waals surface area contributed by atoms with E-state index in [1.807, 2.05) is 27.7 Å². The number of nitrogens with zero attached hydrogens (tertiary/aromatic N) is 2. The van der Waals surface area contributed by atoms with Crippen LogP contribution in [0.1, 0.15) is 40.4 Å². The molecule has 2 aromatic rings. The molecule has 2 rings (SSSR count). The Bertz CT molecular complexity index is 958. The number of amides is 1. The number of rotatable bonds is 8. The molecule has 0 unspecified atom stereocenters. The van der Waals surface area contributed by atoms with Crippen molar-refractivity contribution in [3.8, 4) is 0 Å². The second-order valence-electron chi connectivity index (χ2n) is 7.13. The highest BCUT2D eigenvalue weighted by molar-refractivity contribution is 7.12. The molecular weight excluding hydrogens is 380 g/mol. The Hall–Kier alpha value is -2.39. The number of H-pyrrole nitrogens is 1. The van der Waals surface area contributed by atoms with Crippen molar-refractivity contribution in [3.63, 3.8) is 0 Å². The first-order valence-electron chi connectivity index (χ1n) is 9.17. The lowest BCUT2D eigenvalue weighted by atomic mass is 10.2. The number of carbonyl (C=O) groups excluding carboxylic acids is 1. The van der Waals surface area contributed by atoms with E-state index in [4.69, 9.17) is 10.5 Å². The molecular formula is C19H28N4O4S.